The minimum Gasteiger partial charge on any atom is -0.323 e. The number of hydrogen-bond donors (Lipinski definition) is 1. The molecule has 2 aromatic carbocycles. The van der Waals surface area contributed by atoms with E-state index in [4.69, 9.17) is 17.3 Å². The first-order valence-electron chi connectivity index (χ1n) is 5.66. The molecule has 0 saturated carbocycles. The van der Waals surface area contributed by atoms with Crippen LogP contribution in [0.4, 0.5) is 8.78 Å². The van der Waals surface area contributed by atoms with Gasteiger partial charge in [-0.05, 0) is 18.2 Å². The molecule has 0 heterocycles. The Balaban J connectivity index is 2.08. The van der Waals surface area contributed by atoms with Crippen molar-refractivity contribution in [1.29, 1.82) is 0 Å². The number of rotatable bonds is 4. The van der Waals surface area contributed by atoms with Crippen molar-refractivity contribution in [2.75, 3.05) is 5.75 Å². The highest BCUT2D eigenvalue weighted by Gasteiger charge is 2.15. The van der Waals surface area contributed by atoms with Crippen molar-refractivity contribution in [1.82, 2.24) is 0 Å². The van der Waals surface area contributed by atoms with E-state index in [1.165, 1.54) is 23.9 Å². The summed E-state index contributed by atoms with van der Waals surface area (Å²) in [6.45, 7) is 0. The molecule has 0 aliphatic carbocycles. The van der Waals surface area contributed by atoms with Crippen LogP contribution < -0.4 is 5.73 Å². The Bertz CT molecular complexity index is 577. The third-order valence-corrected chi connectivity index (χ3v) is 4.27. The lowest BCUT2D eigenvalue weighted by atomic mass is 10.1. The van der Waals surface area contributed by atoms with Gasteiger partial charge in [0.15, 0.2) is 11.6 Å². The first-order valence-corrected chi connectivity index (χ1v) is 7.02. The van der Waals surface area contributed by atoms with Crippen molar-refractivity contribution < 1.29 is 8.78 Å². The fraction of sp³-hybridized carbons (Fsp3) is 0.143. The summed E-state index contributed by atoms with van der Waals surface area (Å²) in [5, 5.41) is 0.624. The van der Waals surface area contributed by atoms with E-state index in [2.05, 4.69) is 0 Å². The number of halogens is 3. The van der Waals surface area contributed by atoms with Crippen LogP contribution in [0.3, 0.4) is 0 Å². The average molecular weight is 300 g/mol. The maximum Gasteiger partial charge on any atom is 0.163 e. The van der Waals surface area contributed by atoms with Crippen molar-refractivity contribution in [3.05, 3.63) is 64.7 Å². The Morgan fingerprint density at radius 3 is 2.58 bits per heavy atom. The lowest BCUT2D eigenvalue weighted by molar-refractivity contribution is 0.493. The van der Waals surface area contributed by atoms with E-state index in [0.717, 1.165) is 11.0 Å². The number of nitrogens with two attached hydrogens (primary N) is 1. The van der Waals surface area contributed by atoms with Crippen molar-refractivity contribution >= 4 is 23.4 Å². The Labute approximate surface area is 119 Å². The Kier molecular flexibility index (Phi) is 4.80. The molecule has 1 nitrogen and oxygen atoms in total. The van der Waals surface area contributed by atoms with E-state index in [1.54, 1.807) is 6.07 Å². The average Bonchev–Trinajstić information content (AvgIpc) is 2.40. The molecule has 0 spiro atoms. The van der Waals surface area contributed by atoms with Gasteiger partial charge in [-0.1, -0.05) is 35.9 Å². The first-order chi connectivity index (χ1) is 9.09. The third kappa shape index (κ3) is 3.47. The molecule has 100 valence electrons. The summed E-state index contributed by atoms with van der Waals surface area (Å²) >= 11 is 7.43. The fourth-order valence-corrected chi connectivity index (χ4v) is 2.86. The Morgan fingerprint density at radius 1 is 1.11 bits per heavy atom. The van der Waals surface area contributed by atoms with Gasteiger partial charge in [0.2, 0.25) is 0 Å². The summed E-state index contributed by atoms with van der Waals surface area (Å²) in [7, 11) is 0. The van der Waals surface area contributed by atoms with Gasteiger partial charge in [0.1, 0.15) is 0 Å². The minimum absolute atomic E-state index is 0.180. The molecular weight excluding hydrogens is 288 g/mol. The summed E-state index contributed by atoms with van der Waals surface area (Å²) in [5.41, 5.74) is 6.07. The minimum atomic E-state index is -0.880. The molecule has 0 aromatic heterocycles. The van der Waals surface area contributed by atoms with Gasteiger partial charge in [-0.3, -0.25) is 0 Å². The molecule has 0 saturated heterocycles. The molecule has 5 heteroatoms. The predicted octanol–water partition coefficient (Wildman–Crippen LogP) is 4.41. The van der Waals surface area contributed by atoms with Crippen LogP contribution in [0.15, 0.2) is 47.4 Å². The standard InChI is InChI=1S/C14H12ClF2NS/c15-10-5-1-2-7-13(10)19-8-12(18)9-4-3-6-11(16)14(9)17/h1-7,12H,8,18H2. The van der Waals surface area contributed by atoms with E-state index in [1.807, 2.05) is 18.2 Å². The van der Waals surface area contributed by atoms with Gasteiger partial charge < -0.3 is 5.73 Å². The maximum atomic E-state index is 13.6. The van der Waals surface area contributed by atoms with Crippen LogP contribution in [-0.2, 0) is 0 Å². The molecule has 0 aliphatic heterocycles. The molecule has 0 amide bonds. The van der Waals surface area contributed by atoms with Gasteiger partial charge in [-0.25, -0.2) is 8.78 Å². The van der Waals surface area contributed by atoms with Crippen LogP contribution in [0.5, 0.6) is 0 Å². The van der Waals surface area contributed by atoms with Crippen molar-refractivity contribution in [3.63, 3.8) is 0 Å². The van der Waals surface area contributed by atoms with Gasteiger partial charge in [0, 0.05) is 22.3 Å². The summed E-state index contributed by atoms with van der Waals surface area (Å²) in [6, 6.07) is 10.8. The number of thioether (sulfide) groups is 1. The third-order valence-electron chi connectivity index (χ3n) is 2.64. The molecule has 2 N–H and O–H groups in total. The molecule has 0 aliphatic rings. The maximum absolute atomic E-state index is 13.6. The smallest absolute Gasteiger partial charge is 0.163 e. The molecule has 1 unspecified atom stereocenters. The highest BCUT2D eigenvalue weighted by atomic mass is 35.5. The second kappa shape index (κ2) is 6.37. The summed E-state index contributed by atoms with van der Waals surface area (Å²) < 4.78 is 26.7. The van der Waals surface area contributed by atoms with Crippen LogP contribution in [0.2, 0.25) is 5.02 Å². The molecule has 19 heavy (non-hydrogen) atoms. The lowest BCUT2D eigenvalue weighted by Gasteiger charge is -2.13. The largest absolute Gasteiger partial charge is 0.323 e. The normalized spacial score (nSPS) is 12.4. The highest BCUT2D eigenvalue weighted by molar-refractivity contribution is 7.99. The quantitative estimate of drug-likeness (QED) is 0.846. The monoisotopic (exact) mass is 299 g/mol. The summed E-state index contributed by atoms with van der Waals surface area (Å²) in [6.07, 6.45) is 0. The molecule has 1 atom stereocenters. The van der Waals surface area contributed by atoms with Gasteiger partial charge in [-0.15, -0.1) is 11.8 Å². The highest BCUT2D eigenvalue weighted by Crippen LogP contribution is 2.30. The zero-order valence-electron chi connectivity index (χ0n) is 9.95. The van der Waals surface area contributed by atoms with E-state index < -0.39 is 17.7 Å². The summed E-state index contributed by atoms with van der Waals surface area (Å²) in [4.78, 5) is 0.872. The van der Waals surface area contributed by atoms with Crippen LogP contribution in [-0.4, -0.2) is 5.75 Å². The second-order valence-electron chi connectivity index (χ2n) is 3.99. The SMILES string of the molecule is NC(CSc1ccccc1Cl)c1cccc(F)c1F. The predicted molar refractivity (Wildman–Crippen MR) is 75.5 cm³/mol. The van der Waals surface area contributed by atoms with Crippen LogP contribution in [0, 0.1) is 11.6 Å². The first kappa shape index (κ1) is 14.3. The number of benzene rings is 2. The molecule has 0 bridgehead atoms. The van der Waals surface area contributed by atoms with E-state index in [-0.39, 0.29) is 5.56 Å². The van der Waals surface area contributed by atoms with Crippen LogP contribution in [0.25, 0.3) is 0 Å². The second-order valence-corrected chi connectivity index (χ2v) is 5.46. The van der Waals surface area contributed by atoms with Crippen molar-refractivity contribution in [3.8, 4) is 0 Å². The van der Waals surface area contributed by atoms with Crippen LogP contribution >= 0.6 is 23.4 Å². The van der Waals surface area contributed by atoms with Crippen molar-refractivity contribution in [2.24, 2.45) is 5.73 Å². The molecule has 2 aromatic rings. The van der Waals surface area contributed by atoms with Crippen LogP contribution in [0.1, 0.15) is 11.6 Å². The van der Waals surface area contributed by atoms with Gasteiger partial charge in [0.05, 0.1) is 5.02 Å². The summed E-state index contributed by atoms with van der Waals surface area (Å²) in [5.74, 6) is -1.34. The molecule has 2 rings (SSSR count). The zero-order valence-corrected chi connectivity index (χ0v) is 11.5. The van der Waals surface area contributed by atoms with Gasteiger partial charge in [0.25, 0.3) is 0 Å². The zero-order chi connectivity index (χ0) is 13.8. The molecule has 0 fully saturated rings. The Morgan fingerprint density at radius 2 is 1.84 bits per heavy atom. The van der Waals surface area contributed by atoms with E-state index >= 15 is 0 Å². The van der Waals surface area contributed by atoms with Crippen molar-refractivity contribution in [2.45, 2.75) is 10.9 Å². The topological polar surface area (TPSA) is 26.0 Å². The molecule has 0 radical (unpaired) electrons. The van der Waals surface area contributed by atoms with E-state index in [0.29, 0.717) is 10.8 Å². The Hall–Kier alpha value is -1.10. The van der Waals surface area contributed by atoms with Gasteiger partial charge >= 0.3 is 0 Å². The van der Waals surface area contributed by atoms with Gasteiger partial charge in [-0.2, -0.15) is 0 Å². The van der Waals surface area contributed by atoms with E-state index in [9.17, 15) is 8.78 Å². The molecular formula is C14H12ClF2NS. The fourth-order valence-electron chi connectivity index (χ4n) is 1.64. The number of hydrogen-bond acceptors (Lipinski definition) is 2. The lowest BCUT2D eigenvalue weighted by Crippen LogP contribution is -2.15.